The second-order valence-corrected chi connectivity index (χ2v) is 3.78. The molecule has 0 aliphatic rings. The first-order chi connectivity index (χ1) is 8.67. The minimum Gasteiger partial charge on any atom is -0.506 e. The zero-order valence-electron chi connectivity index (χ0n) is 9.42. The standard InChI is InChI=1S/C12H9ClN2O3/c1-18-12-9(6-16)14-5-8(15-12)7-3-2-4-10(17)11(7)13/h2-6,17H,1H3. The van der Waals surface area contributed by atoms with Crippen LogP contribution in [-0.2, 0) is 0 Å². The van der Waals surface area contributed by atoms with E-state index in [-0.39, 0.29) is 22.3 Å². The van der Waals surface area contributed by atoms with E-state index < -0.39 is 0 Å². The summed E-state index contributed by atoms with van der Waals surface area (Å²) in [5.74, 6) is 0.0660. The number of benzene rings is 1. The Hall–Kier alpha value is -2.14. The van der Waals surface area contributed by atoms with E-state index in [1.54, 1.807) is 12.1 Å². The highest BCUT2D eigenvalue weighted by Gasteiger charge is 2.12. The third kappa shape index (κ3) is 2.12. The Bertz CT molecular complexity index is 602. The van der Waals surface area contributed by atoms with Gasteiger partial charge in [0.2, 0.25) is 5.88 Å². The van der Waals surface area contributed by atoms with E-state index in [0.29, 0.717) is 17.5 Å². The van der Waals surface area contributed by atoms with Crippen molar-refractivity contribution in [3.63, 3.8) is 0 Å². The first-order valence-electron chi connectivity index (χ1n) is 5.01. The number of carbonyl (C=O) groups excluding carboxylic acids is 1. The Morgan fingerprint density at radius 1 is 1.44 bits per heavy atom. The molecule has 0 spiro atoms. The number of phenolic OH excluding ortho intramolecular Hbond substituents is 1. The van der Waals surface area contributed by atoms with Crippen molar-refractivity contribution in [2.75, 3.05) is 7.11 Å². The van der Waals surface area contributed by atoms with Crippen molar-refractivity contribution in [2.45, 2.75) is 0 Å². The maximum Gasteiger partial charge on any atom is 0.243 e. The number of halogens is 1. The van der Waals surface area contributed by atoms with Crippen LogP contribution in [0.1, 0.15) is 10.5 Å². The van der Waals surface area contributed by atoms with Gasteiger partial charge in [0, 0.05) is 5.56 Å². The van der Waals surface area contributed by atoms with Gasteiger partial charge >= 0.3 is 0 Å². The van der Waals surface area contributed by atoms with Gasteiger partial charge < -0.3 is 9.84 Å². The van der Waals surface area contributed by atoms with Gasteiger partial charge in [0.25, 0.3) is 0 Å². The van der Waals surface area contributed by atoms with Crippen LogP contribution in [0.4, 0.5) is 0 Å². The molecule has 0 saturated heterocycles. The van der Waals surface area contributed by atoms with Gasteiger partial charge in [0.05, 0.1) is 24.0 Å². The van der Waals surface area contributed by atoms with Gasteiger partial charge in [0.15, 0.2) is 12.0 Å². The van der Waals surface area contributed by atoms with Crippen molar-refractivity contribution in [2.24, 2.45) is 0 Å². The van der Waals surface area contributed by atoms with Gasteiger partial charge in [0.1, 0.15) is 5.75 Å². The van der Waals surface area contributed by atoms with Crippen LogP contribution in [0.15, 0.2) is 24.4 Å². The van der Waals surface area contributed by atoms with Crippen LogP contribution in [0.5, 0.6) is 11.6 Å². The third-order valence-electron chi connectivity index (χ3n) is 2.33. The molecule has 0 radical (unpaired) electrons. The second kappa shape index (κ2) is 5.01. The Labute approximate surface area is 108 Å². The zero-order chi connectivity index (χ0) is 13.1. The van der Waals surface area contributed by atoms with Gasteiger partial charge in [-0.1, -0.05) is 23.7 Å². The maximum absolute atomic E-state index is 10.7. The van der Waals surface area contributed by atoms with Crippen LogP contribution in [-0.4, -0.2) is 28.5 Å². The van der Waals surface area contributed by atoms with Crippen LogP contribution in [0.2, 0.25) is 5.02 Å². The molecule has 1 heterocycles. The highest BCUT2D eigenvalue weighted by molar-refractivity contribution is 6.34. The molecular formula is C12H9ClN2O3. The molecule has 1 aromatic heterocycles. The van der Waals surface area contributed by atoms with Crippen LogP contribution in [0.3, 0.4) is 0 Å². The smallest absolute Gasteiger partial charge is 0.243 e. The number of ether oxygens (including phenoxy) is 1. The fourth-order valence-electron chi connectivity index (χ4n) is 1.46. The summed E-state index contributed by atoms with van der Waals surface area (Å²) >= 11 is 5.97. The number of carbonyl (C=O) groups is 1. The maximum atomic E-state index is 10.7. The molecule has 1 N–H and O–H groups in total. The third-order valence-corrected chi connectivity index (χ3v) is 2.72. The number of phenols is 1. The minimum atomic E-state index is -0.0469. The Kier molecular flexibility index (Phi) is 3.43. The molecular weight excluding hydrogens is 256 g/mol. The first kappa shape index (κ1) is 12.3. The fraction of sp³-hybridized carbons (Fsp3) is 0.0833. The first-order valence-corrected chi connectivity index (χ1v) is 5.39. The van der Waals surface area contributed by atoms with E-state index in [0.717, 1.165) is 0 Å². The number of rotatable bonds is 3. The summed E-state index contributed by atoms with van der Waals surface area (Å²) in [6.45, 7) is 0. The normalized spacial score (nSPS) is 10.1. The van der Waals surface area contributed by atoms with Crippen LogP contribution >= 0.6 is 11.6 Å². The van der Waals surface area contributed by atoms with E-state index in [9.17, 15) is 9.90 Å². The molecule has 0 saturated carbocycles. The number of hydrogen-bond acceptors (Lipinski definition) is 5. The lowest BCUT2D eigenvalue weighted by atomic mass is 10.1. The van der Waals surface area contributed by atoms with E-state index in [2.05, 4.69) is 9.97 Å². The summed E-state index contributed by atoms with van der Waals surface area (Å²) in [6.07, 6.45) is 1.95. The summed E-state index contributed by atoms with van der Waals surface area (Å²) in [6, 6.07) is 4.79. The zero-order valence-corrected chi connectivity index (χ0v) is 10.2. The predicted molar refractivity (Wildman–Crippen MR) is 66.1 cm³/mol. The van der Waals surface area contributed by atoms with E-state index in [1.165, 1.54) is 19.4 Å². The fourth-order valence-corrected chi connectivity index (χ4v) is 1.68. The molecule has 18 heavy (non-hydrogen) atoms. The second-order valence-electron chi connectivity index (χ2n) is 3.41. The molecule has 0 amide bonds. The van der Waals surface area contributed by atoms with Crippen molar-refractivity contribution < 1.29 is 14.6 Å². The lowest BCUT2D eigenvalue weighted by Crippen LogP contribution is -1.99. The van der Waals surface area contributed by atoms with Gasteiger partial charge in [-0.2, -0.15) is 0 Å². The largest absolute Gasteiger partial charge is 0.506 e. The average molecular weight is 265 g/mol. The summed E-state index contributed by atoms with van der Waals surface area (Å²) in [4.78, 5) is 18.7. The number of aldehydes is 1. The van der Waals surface area contributed by atoms with E-state index in [1.807, 2.05) is 0 Å². The van der Waals surface area contributed by atoms with E-state index >= 15 is 0 Å². The molecule has 2 rings (SSSR count). The van der Waals surface area contributed by atoms with Crippen molar-refractivity contribution in [3.8, 4) is 22.9 Å². The molecule has 6 heteroatoms. The van der Waals surface area contributed by atoms with Crippen LogP contribution < -0.4 is 4.74 Å². The summed E-state index contributed by atoms with van der Waals surface area (Å²) < 4.78 is 4.96. The number of methoxy groups -OCH3 is 1. The molecule has 2 aromatic rings. The molecule has 0 bridgehead atoms. The topological polar surface area (TPSA) is 72.3 Å². The quantitative estimate of drug-likeness (QED) is 0.862. The summed E-state index contributed by atoms with van der Waals surface area (Å²) in [5, 5.41) is 9.69. The molecule has 1 aromatic carbocycles. The van der Waals surface area contributed by atoms with E-state index in [4.69, 9.17) is 16.3 Å². The number of aromatic hydroxyl groups is 1. The van der Waals surface area contributed by atoms with Crippen molar-refractivity contribution in [3.05, 3.63) is 35.1 Å². The molecule has 0 atom stereocenters. The monoisotopic (exact) mass is 264 g/mol. The van der Waals surface area contributed by atoms with Crippen molar-refractivity contribution in [1.82, 2.24) is 9.97 Å². The number of hydrogen-bond donors (Lipinski definition) is 1. The molecule has 0 aliphatic carbocycles. The van der Waals surface area contributed by atoms with Gasteiger partial charge in [-0.25, -0.2) is 9.97 Å². The summed E-state index contributed by atoms with van der Waals surface area (Å²) in [7, 11) is 1.39. The molecule has 0 unspecified atom stereocenters. The Balaban J connectivity index is 2.58. The van der Waals surface area contributed by atoms with Gasteiger partial charge in [-0.3, -0.25) is 4.79 Å². The SMILES string of the molecule is COc1nc(-c2cccc(O)c2Cl)cnc1C=O. The minimum absolute atomic E-state index is 0.0469. The predicted octanol–water partition coefficient (Wildman–Crippen LogP) is 2.32. The van der Waals surface area contributed by atoms with Gasteiger partial charge in [-0.15, -0.1) is 0 Å². The lowest BCUT2D eigenvalue weighted by Gasteiger charge is -2.07. The molecule has 0 aliphatic heterocycles. The number of aromatic nitrogens is 2. The van der Waals surface area contributed by atoms with Crippen molar-refractivity contribution >= 4 is 17.9 Å². The molecule has 5 nitrogen and oxygen atoms in total. The average Bonchev–Trinajstić information content (AvgIpc) is 2.41. The highest BCUT2D eigenvalue weighted by Crippen LogP contribution is 2.33. The molecule has 92 valence electrons. The van der Waals surface area contributed by atoms with Crippen LogP contribution in [0.25, 0.3) is 11.3 Å². The number of nitrogens with zero attached hydrogens (tertiary/aromatic N) is 2. The lowest BCUT2D eigenvalue weighted by molar-refractivity contribution is 0.111. The summed E-state index contributed by atoms with van der Waals surface area (Å²) in [5.41, 5.74) is 1.04. The molecule has 0 fully saturated rings. The van der Waals surface area contributed by atoms with Crippen molar-refractivity contribution in [1.29, 1.82) is 0 Å². The Morgan fingerprint density at radius 3 is 2.89 bits per heavy atom. The Morgan fingerprint density at radius 2 is 2.22 bits per heavy atom. The van der Waals surface area contributed by atoms with Gasteiger partial charge in [-0.05, 0) is 6.07 Å². The highest BCUT2D eigenvalue weighted by atomic mass is 35.5. The van der Waals surface area contributed by atoms with Crippen LogP contribution in [0, 0.1) is 0 Å².